The van der Waals surface area contributed by atoms with E-state index in [4.69, 9.17) is 4.74 Å². The lowest BCUT2D eigenvalue weighted by molar-refractivity contribution is -0.121. The molecule has 1 saturated heterocycles. The van der Waals surface area contributed by atoms with Crippen LogP contribution in [0, 0.1) is 6.92 Å². The van der Waals surface area contributed by atoms with Gasteiger partial charge in [0.2, 0.25) is 11.8 Å². The van der Waals surface area contributed by atoms with Crippen LogP contribution in [0.25, 0.3) is 0 Å². The lowest BCUT2D eigenvalue weighted by Crippen LogP contribution is -2.38. The highest BCUT2D eigenvalue weighted by molar-refractivity contribution is 5.97. The van der Waals surface area contributed by atoms with Gasteiger partial charge in [-0.25, -0.2) is 0 Å². The molecule has 130 valence electrons. The highest BCUT2D eigenvalue weighted by atomic mass is 16.5. The smallest absolute Gasteiger partial charge is 0.229 e. The molecule has 2 aromatic rings. The van der Waals surface area contributed by atoms with Crippen LogP contribution in [0.1, 0.15) is 17.5 Å². The van der Waals surface area contributed by atoms with Crippen LogP contribution in [0.4, 0.5) is 5.69 Å². The zero-order valence-electron chi connectivity index (χ0n) is 14.5. The third kappa shape index (κ3) is 4.18. The first-order valence-corrected chi connectivity index (χ1v) is 8.34. The summed E-state index contributed by atoms with van der Waals surface area (Å²) in [6, 6.07) is 15.1. The Morgan fingerprint density at radius 1 is 1.24 bits per heavy atom. The molecule has 0 radical (unpaired) electrons. The topological polar surface area (TPSA) is 58.6 Å². The third-order valence-corrected chi connectivity index (χ3v) is 4.32. The number of nitrogens with zero attached hydrogens (tertiary/aromatic N) is 1. The van der Waals surface area contributed by atoms with Crippen molar-refractivity contribution < 1.29 is 14.3 Å². The maximum Gasteiger partial charge on any atom is 0.229 e. The van der Waals surface area contributed by atoms with Crippen molar-refractivity contribution in [3.05, 3.63) is 59.7 Å². The van der Waals surface area contributed by atoms with Crippen LogP contribution in [0.2, 0.25) is 0 Å². The summed E-state index contributed by atoms with van der Waals surface area (Å²) < 4.78 is 5.14. The lowest BCUT2D eigenvalue weighted by atomic mass is 10.1. The van der Waals surface area contributed by atoms with E-state index in [9.17, 15) is 9.59 Å². The van der Waals surface area contributed by atoms with Crippen molar-refractivity contribution in [1.82, 2.24) is 5.32 Å². The molecule has 0 aliphatic carbocycles. The average Bonchev–Trinajstić information content (AvgIpc) is 2.95. The molecule has 0 saturated carbocycles. The van der Waals surface area contributed by atoms with Crippen molar-refractivity contribution in [3.63, 3.8) is 0 Å². The molecular formula is C20H22N2O3. The molecule has 1 fully saturated rings. The van der Waals surface area contributed by atoms with Crippen molar-refractivity contribution in [2.45, 2.75) is 25.8 Å². The number of benzene rings is 2. The van der Waals surface area contributed by atoms with Crippen molar-refractivity contribution in [2.75, 3.05) is 18.6 Å². The number of ether oxygens (including phenoxy) is 1. The maximum atomic E-state index is 12.3. The maximum absolute atomic E-state index is 12.3. The fourth-order valence-corrected chi connectivity index (χ4v) is 3.10. The normalized spacial score (nSPS) is 16.8. The van der Waals surface area contributed by atoms with Gasteiger partial charge >= 0.3 is 0 Å². The third-order valence-electron chi connectivity index (χ3n) is 4.32. The van der Waals surface area contributed by atoms with E-state index in [2.05, 4.69) is 5.32 Å². The van der Waals surface area contributed by atoms with Crippen LogP contribution in [0.5, 0.6) is 5.75 Å². The lowest BCUT2D eigenvalue weighted by Gasteiger charge is -2.17. The molecule has 2 aromatic carbocycles. The first-order valence-electron chi connectivity index (χ1n) is 8.34. The van der Waals surface area contributed by atoms with E-state index in [1.807, 2.05) is 55.5 Å². The Labute approximate surface area is 147 Å². The minimum Gasteiger partial charge on any atom is -0.497 e. The molecule has 0 aromatic heterocycles. The van der Waals surface area contributed by atoms with Gasteiger partial charge in [0.25, 0.3) is 0 Å². The van der Waals surface area contributed by atoms with Crippen molar-refractivity contribution >= 4 is 17.5 Å². The Bertz CT molecular complexity index is 771. The molecule has 0 bridgehead atoms. The summed E-state index contributed by atoms with van der Waals surface area (Å²) >= 11 is 0. The molecule has 1 atom stereocenters. The number of hydrogen-bond donors (Lipinski definition) is 1. The zero-order chi connectivity index (χ0) is 17.8. The van der Waals surface area contributed by atoms with E-state index in [-0.39, 0.29) is 17.9 Å². The first-order chi connectivity index (χ1) is 12.0. The fourth-order valence-electron chi connectivity index (χ4n) is 3.10. The summed E-state index contributed by atoms with van der Waals surface area (Å²) in [4.78, 5) is 26.2. The monoisotopic (exact) mass is 338 g/mol. The van der Waals surface area contributed by atoms with Crippen molar-refractivity contribution in [2.24, 2.45) is 0 Å². The molecule has 2 amide bonds. The molecule has 1 aliphatic rings. The van der Waals surface area contributed by atoms with Crippen LogP contribution in [0.3, 0.4) is 0 Å². The quantitative estimate of drug-likeness (QED) is 0.911. The summed E-state index contributed by atoms with van der Waals surface area (Å²) in [7, 11) is 1.61. The predicted molar refractivity (Wildman–Crippen MR) is 96.8 cm³/mol. The number of hydrogen-bond acceptors (Lipinski definition) is 3. The summed E-state index contributed by atoms with van der Waals surface area (Å²) in [6.45, 7) is 2.49. The molecule has 1 heterocycles. The molecular weight excluding hydrogens is 316 g/mol. The molecule has 5 nitrogen and oxygen atoms in total. The second-order valence-electron chi connectivity index (χ2n) is 6.34. The average molecular weight is 338 g/mol. The van der Waals surface area contributed by atoms with Gasteiger partial charge in [-0.3, -0.25) is 9.59 Å². The van der Waals surface area contributed by atoms with E-state index in [1.54, 1.807) is 12.0 Å². The molecule has 0 unspecified atom stereocenters. The Hall–Kier alpha value is -2.82. The van der Waals surface area contributed by atoms with Crippen LogP contribution >= 0.6 is 0 Å². The SMILES string of the molecule is COc1ccc(N2C[C@@H](NC(=O)Cc3cccc(C)c3)CC2=O)cc1. The Morgan fingerprint density at radius 3 is 2.68 bits per heavy atom. The second kappa shape index (κ2) is 7.38. The van der Waals surface area contributed by atoms with E-state index >= 15 is 0 Å². The highest BCUT2D eigenvalue weighted by Crippen LogP contribution is 2.24. The summed E-state index contributed by atoms with van der Waals surface area (Å²) in [5, 5.41) is 2.97. The summed E-state index contributed by atoms with van der Waals surface area (Å²) in [6.07, 6.45) is 0.653. The van der Waals surface area contributed by atoms with Gasteiger partial charge < -0.3 is 15.0 Å². The predicted octanol–water partition coefficient (Wildman–Crippen LogP) is 2.47. The number of rotatable bonds is 5. The molecule has 25 heavy (non-hydrogen) atoms. The number of methoxy groups -OCH3 is 1. The Morgan fingerprint density at radius 2 is 2.00 bits per heavy atom. The van der Waals surface area contributed by atoms with Crippen LogP contribution in [-0.4, -0.2) is 31.5 Å². The van der Waals surface area contributed by atoms with Gasteiger partial charge in [-0.1, -0.05) is 29.8 Å². The van der Waals surface area contributed by atoms with Crippen molar-refractivity contribution in [1.29, 1.82) is 0 Å². The Kier molecular flexibility index (Phi) is 5.03. The van der Waals surface area contributed by atoms with Gasteiger partial charge in [0, 0.05) is 18.7 Å². The Balaban J connectivity index is 1.59. The van der Waals surface area contributed by atoms with E-state index < -0.39 is 0 Å². The van der Waals surface area contributed by atoms with Gasteiger partial charge in [-0.15, -0.1) is 0 Å². The largest absolute Gasteiger partial charge is 0.497 e. The molecule has 0 spiro atoms. The number of anilines is 1. The first kappa shape index (κ1) is 17.0. The van der Waals surface area contributed by atoms with Crippen LogP contribution in [0.15, 0.2) is 48.5 Å². The van der Waals surface area contributed by atoms with Crippen molar-refractivity contribution in [3.8, 4) is 5.75 Å². The number of carbonyl (C=O) groups excluding carboxylic acids is 2. The second-order valence-corrected chi connectivity index (χ2v) is 6.34. The van der Waals surface area contributed by atoms with E-state index in [0.717, 1.165) is 22.6 Å². The van der Waals surface area contributed by atoms with Gasteiger partial charge in [0.15, 0.2) is 0 Å². The molecule has 1 aliphatic heterocycles. The number of nitrogens with one attached hydrogen (secondary N) is 1. The van der Waals surface area contributed by atoms with Gasteiger partial charge in [-0.2, -0.15) is 0 Å². The van der Waals surface area contributed by atoms with Gasteiger partial charge in [0.1, 0.15) is 5.75 Å². The number of aryl methyl sites for hydroxylation is 1. The van der Waals surface area contributed by atoms with Crippen LogP contribution < -0.4 is 15.0 Å². The van der Waals surface area contributed by atoms with Gasteiger partial charge in [-0.05, 0) is 36.8 Å². The zero-order valence-corrected chi connectivity index (χ0v) is 14.5. The van der Waals surface area contributed by atoms with Crippen LogP contribution in [-0.2, 0) is 16.0 Å². The van der Waals surface area contributed by atoms with E-state index in [0.29, 0.717) is 19.4 Å². The number of carbonyl (C=O) groups is 2. The molecule has 3 rings (SSSR count). The van der Waals surface area contributed by atoms with E-state index in [1.165, 1.54) is 0 Å². The highest BCUT2D eigenvalue weighted by Gasteiger charge is 2.31. The summed E-state index contributed by atoms with van der Waals surface area (Å²) in [5.41, 5.74) is 2.93. The minimum absolute atomic E-state index is 0.0195. The molecule has 5 heteroatoms. The fraction of sp³-hybridized carbons (Fsp3) is 0.300. The molecule has 1 N–H and O–H groups in total. The standard InChI is InChI=1S/C20H22N2O3/c1-14-4-3-5-15(10-14)11-19(23)21-16-12-20(24)22(13-16)17-6-8-18(25-2)9-7-17/h3-10,16H,11-13H2,1-2H3,(H,21,23)/t16-/m0/s1. The number of amides is 2. The minimum atomic E-state index is -0.160. The summed E-state index contributed by atoms with van der Waals surface area (Å²) in [5.74, 6) is 0.712. The van der Waals surface area contributed by atoms with Gasteiger partial charge in [0.05, 0.1) is 19.6 Å².